The van der Waals surface area contributed by atoms with Gasteiger partial charge in [0.1, 0.15) is 0 Å². The molecule has 0 saturated carbocycles. The second-order valence-corrected chi connectivity index (χ2v) is 4.56. The van der Waals surface area contributed by atoms with Gasteiger partial charge in [-0.3, -0.25) is 0 Å². The Labute approximate surface area is 83.7 Å². The van der Waals surface area contributed by atoms with Crippen LogP contribution in [-0.4, -0.2) is 37.1 Å². The maximum Gasteiger partial charge on any atom is 0.0107 e. The number of hydrogen-bond donors (Lipinski definition) is 1. The molecule has 2 nitrogen and oxygen atoms in total. The van der Waals surface area contributed by atoms with E-state index in [2.05, 4.69) is 51.9 Å². The number of rotatable bonds is 6. The van der Waals surface area contributed by atoms with Gasteiger partial charge in [0.05, 0.1) is 0 Å². The lowest BCUT2D eigenvalue weighted by atomic mass is 10.1. The Morgan fingerprint density at radius 3 is 2.00 bits per heavy atom. The van der Waals surface area contributed by atoms with Crippen molar-refractivity contribution >= 4 is 0 Å². The molecule has 2 heteroatoms. The molecule has 0 bridgehead atoms. The van der Waals surface area contributed by atoms with Crippen LogP contribution in [0.2, 0.25) is 0 Å². The third kappa shape index (κ3) is 6.05. The van der Waals surface area contributed by atoms with Gasteiger partial charge in [-0.1, -0.05) is 13.8 Å². The van der Waals surface area contributed by atoms with Crippen LogP contribution in [0.3, 0.4) is 0 Å². The second kappa shape index (κ2) is 6.39. The van der Waals surface area contributed by atoms with Crippen LogP contribution in [0.15, 0.2) is 0 Å². The van der Waals surface area contributed by atoms with Crippen LogP contribution < -0.4 is 5.32 Å². The molecule has 1 N–H and O–H groups in total. The van der Waals surface area contributed by atoms with Gasteiger partial charge in [-0.15, -0.1) is 0 Å². The summed E-state index contributed by atoms with van der Waals surface area (Å²) in [5.41, 5.74) is 0. The summed E-state index contributed by atoms with van der Waals surface area (Å²) in [5.74, 6) is 0.726. The molecule has 0 aromatic rings. The molecule has 0 aromatic carbocycles. The smallest absolute Gasteiger partial charge is 0.0107 e. The van der Waals surface area contributed by atoms with Crippen molar-refractivity contribution in [3.05, 3.63) is 0 Å². The summed E-state index contributed by atoms with van der Waals surface area (Å²) < 4.78 is 0. The standard InChI is InChI=1S/C11H26N2/c1-9(2)11(5)12-7-8-13(6)10(3)4/h9-12H,7-8H2,1-6H3. The van der Waals surface area contributed by atoms with Gasteiger partial charge in [0.25, 0.3) is 0 Å². The quantitative estimate of drug-likeness (QED) is 0.682. The average Bonchev–Trinajstić information content (AvgIpc) is 2.03. The predicted octanol–water partition coefficient (Wildman–Crippen LogP) is 1.96. The van der Waals surface area contributed by atoms with Gasteiger partial charge in [0.2, 0.25) is 0 Å². The maximum absolute atomic E-state index is 3.53. The average molecular weight is 186 g/mol. The number of nitrogens with zero attached hydrogens (tertiary/aromatic N) is 1. The van der Waals surface area contributed by atoms with Crippen LogP contribution in [0.25, 0.3) is 0 Å². The summed E-state index contributed by atoms with van der Waals surface area (Å²) in [4.78, 5) is 2.36. The van der Waals surface area contributed by atoms with Gasteiger partial charge < -0.3 is 10.2 Å². The summed E-state index contributed by atoms with van der Waals surface area (Å²) in [5, 5.41) is 3.53. The van der Waals surface area contributed by atoms with E-state index in [0.29, 0.717) is 12.1 Å². The number of likely N-dealkylation sites (N-methyl/N-ethyl adjacent to an activating group) is 1. The fraction of sp³-hybridized carbons (Fsp3) is 1.00. The summed E-state index contributed by atoms with van der Waals surface area (Å²) in [7, 11) is 2.17. The fourth-order valence-electron chi connectivity index (χ4n) is 0.962. The summed E-state index contributed by atoms with van der Waals surface area (Å²) in [6.07, 6.45) is 0. The summed E-state index contributed by atoms with van der Waals surface area (Å²) in [6.45, 7) is 13.4. The highest BCUT2D eigenvalue weighted by atomic mass is 15.1. The van der Waals surface area contributed by atoms with E-state index < -0.39 is 0 Å². The Bertz CT molecular complexity index is 107. The van der Waals surface area contributed by atoms with E-state index in [-0.39, 0.29) is 0 Å². The van der Waals surface area contributed by atoms with Crippen LogP contribution in [0.1, 0.15) is 34.6 Å². The van der Waals surface area contributed by atoms with E-state index in [1.807, 2.05) is 0 Å². The van der Waals surface area contributed by atoms with Crippen molar-refractivity contribution < 1.29 is 0 Å². The van der Waals surface area contributed by atoms with Gasteiger partial charge >= 0.3 is 0 Å². The molecular formula is C11H26N2. The van der Waals surface area contributed by atoms with E-state index in [9.17, 15) is 0 Å². The van der Waals surface area contributed by atoms with Crippen molar-refractivity contribution in [2.45, 2.75) is 46.7 Å². The third-order valence-electron chi connectivity index (χ3n) is 2.81. The van der Waals surface area contributed by atoms with Gasteiger partial charge in [0, 0.05) is 25.2 Å². The van der Waals surface area contributed by atoms with Crippen molar-refractivity contribution in [1.82, 2.24) is 10.2 Å². The monoisotopic (exact) mass is 186 g/mol. The Morgan fingerprint density at radius 2 is 1.62 bits per heavy atom. The number of hydrogen-bond acceptors (Lipinski definition) is 2. The zero-order valence-corrected chi connectivity index (χ0v) is 10.1. The van der Waals surface area contributed by atoms with Crippen molar-refractivity contribution in [2.75, 3.05) is 20.1 Å². The first kappa shape index (κ1) is 12.9. The second-order valence-electron chi connectivity index (χ2n) is 4.56. The van der Waals surface area contributed by atoms with E-state index in [1.54, 1.807) is 0 Å². The minimum absolute atomic E-state index is 0.626. The first-order valence-electron chi connectivity index (χ1n) is 5.38. The molecule has 13 heavy (non-hydrogen) atoms. The molecule has 0 heterocycles. The van der Waals surface area contributed by atoms with Crippen molar-refractivity contribution in [3.63, 3.8) is 0 Å². The Balaban J connectivity index is 3.45. The molecule has 0 radical (unpaired) electrons. The Hall–Kier alpha value is -0.0800. The van der Waals surface area contributed by atoms with Crippen molar-refractivity contribution in [3.8, 4) is 0 Å². The third-order valence-corrected chi connectivity index (χ3v) is 2.81. The van der Waals surface area contributed by atoms with E-state index in [4.69, 9.17) is 0 Å². The topological polar surface area (TPSA) is 15.3 Å². The first-order chi connectivity index (χ1) is 5.95. The highest BCUT2D eigenvalue weighted by Crippen LogP contribution is 1.99. The van der Waals surface area contributed by atoms with Gasteiger partial charge in [-0.25, -0.2) is 0 Å². The van der Waals surface area contributed by atoms with Crippen LogP contribution in [0, 0.1) is 5.92 Å². The van der Waals surface area contributed by atoms with E-state index in [1.165, 1.54) is 0 Å². The van der Waals surface area contributed by atoms with Gasteiger partial charge in [0.15, 0.2) is 0 Å². The highest BCUT2D eigenvalue weighted by molar-refractivity contribution is 4.66. The molecule has 0 rings (SSSR count). The van der Waals surface area contributed by atoms with Crippen molar-refractivity contribution in [2.24, 2.45) is 5.92 Å². The van der Waals surface area contributed by atoms with Gasteiger partial charge in [-0.05, 0) is 33.7 Å². The molecule has 0 saturated heterocycles. The molecule has 80 valence electrons. The van der Waals surface area contributed by atoms with Crippen LogP contribution in [0.4, 0.5) is 0 Å². The van der Waals surface area contributed by atoms with Crippen LogP contribution in [-0.2, 0) is 0 Å². The minimum atomic E-state index is 0.626. The van der Waals surface area contributed by atoms with Crippen molar-refractivity contribution in [1.29, 1.82) is 0 Å². The predicted molar refractivity (Wildman–Crippen MR) is 60.1 cm³/mol. The molecule has 1 atom stereocenters. The lowest BCUT2D eigenvalue weighted by Crippen LogP contribution is -2.38. The zero-order chi connectivity index (χ0) is 10.4. The summed E-state index contributed by atoms with van der Waals surface area (Å²) >= 11 is 0. The molecule has 0 aliphatic carbocycles. The molecule has 0 aromatic heterocycles. The molecule has 0 fully saturated rings. The van der Waals surface area contributed by atoms with Crippen LogP contribution in [0.5, 0.6) is 0 Å². The molecule has 0 aliphatic heterocycles. The largest absolute Gasteiger partial charge is 0.313 e. The fourth-order valence-corrected chi connectivity index (χ4v) is 0.962. The Kier molecular flexibility index (Phi) is 6.35. The normalized spacial score (nSPS) is 14.5. The highest BCUT2D eigenvalue weighted by Gasteiger charge is 2.06. The molecule has 0 amide bonds. The molecule has 1 unspecified atom stereocenters. The number of nitrogens with one attached hydrogen (secondary N) is 1. The first-order valence-corrected chi connectivity index (χ1v) is 5.38. The lowest BCUT2D eigenvalue weighted by molar-refractivity contribution is 0.265. The van der Waals surface area contributed by atoms with E-state index >= 15 is 0 Å². The van der Waals surface area contributed by atoms with Crippen LogP contribution >= 0.6 is 0 Å². The van der Waals surface area contributed by atoms with Gasteiger partial charge in [-0.2, -0.15) is 0 Å². The molecule has 0 spiro atoms. The SMILES string of the molecule is CC(C)C(C)NCCN(C)C(C)C. The van der Waals surface area contributed by atoms with E-state index in [0.717, 1.165) is 19.0 Å². The lowest BCUT2D eigenvalue weighted by Gasteiger charge is -2.23. The summed E-state index contributed by atoms with van der Waals surface area (Å²) in [6, 6.07) is 1.27. The molecular weight excluding hydrogens is 160 g/mol. The maximum atomic E-state index is 3.53. The minimum Gasteiger partial charge on any atom is -0.313 e. The molecule has 0 aliphatic rings. The Morgan fingerprint density at radius 1 is 1.08 bits per heavy atom. The zero-order valence-electron chi connectivity index (χ0n) is 10.1.